The quantitative estimate of drug-likeness (QED) is 0.801. The summed E-state index contributed by atoms with van der Waals surface area (Å²) in [4.78, 5) is 23.3. The van der Waals surface area contributed by atoms with Crippen LogP contribution < -0.4 is 4.74 Å². The zero-order chi connectivity index (χ0) is 17.6. The number of pyridine rings is 1. The van der Waals surface area contributed by atoms with Crippen molar-refractivity contribution < 1.29 is 14.3 Å². The molecule has 2 aromatic heterocycles. The minimum atomic E-state index is 0.0143. The van der Waals surface area contributed by atoms with Crippen LogP contribution in [0, 0.1) is 0 Å². The van der Waals surface area contributed by atoms with Gasteiger partial charge in [-0.3, -0.25) is 4.79 Å². The lowest BCUT2D eigenvalue weighted by Crippen LogP contribution is -2.39. The number of aromatic nitrogens is 3. The van der Waals surface area contributed by atoms with Gasteiger partial charge in [0.15, 0.2) is 0 Å². The van der Waals surface area contributed by atoms with Crippen molar-refractivity contribution in [3.8, 4) is 5.88 Å². The number of methoxy groups -OCH3 is 2. The number of amides is 1. The number of imidazole rings is 1. The van der Waals surface area contributed by atoms with Gasteiger partial charge in [-0.15, -0.1) is 0 Å². The Kier molecular flexibility index (Phi) is 5.65. The lowest BCUT2D eigenvalue weighted by Gasteiger charge is -2.32. The Bertz CT molecular complexity index is 716. The second-order valence-corrected chi connectivity index (χ2v) is 6.15. The molecule has 2 aromatic rings. The zero-order valence-electron chi connectivity index (χ0n) is 14.7. The molecular formula is C18H24N4O3. The topological polar surface area (TPSA) is 69.5 Å². The van der Waals surface area contributed by atoms with E-state index in [1.54, 1.807) is 32.5 Å². The molecule has 1 aliphatic rings. The van der Waals surface area contributed by atoms with Crippen LogP contribution in [-0.2, 0) is 11.3 Å². The SMILES string of the molecule is COCCn1ccnc1C1CCCN(C(=O)c2ccnc(OC)c2)C1. The van der Waals surface area contributed by atoms with E-state index in [1.165, 1.54) is 0 Å². The Balaban J connectivity index is 1.72. The van der Waals surface area contributed by atoms with Gasteiger partial charge in [0.2, 0.25) is 5.88 Å². The van der Waals surface area contributed by atoms with Gasteiger partial charge in [-0.25, -0.2) is 9.97 Å². The fraction of sp³-hybridized carbons (Fsp3) is 0.500. The molecule has 7 heteroatoms. The Labute approximate surface area is 147 Å². The molecule has 3 rings (SSSR count). The van der Waals surface area contributed by atoms with Crippen molar-refractivity contribution in [2.45, 2.75) is 25.3 Å². The van der Waals surface area contributed by atoms with Crippen molar-refractivity contribution in [3.63, 3.8) is 0 Å². The molecule has 134 valence electrons. The molecule has 0 saturated carbocycles. The largest absolute Gasteiger partial charge is 0.481 e. The second kappa shape index (κ2) is 8.11. The first-order chi connectivity index (χ1) is 12.2. The molecule has 0 spiro atoms. The molecule has 3 heterocycles. The van der Waals surface area contributed by atoms with Gasteiger partial charge in [0.1, 0.15) is 5.82 Å². The van der Waals surface area contributed by atoms with E-state index in [0.717, 1.165) is 31.8 Å². The lowest BCUT2D eigenvalue weighted by atomic mass is 9.96. The molecule has 1 aliphatic heterocycles. The first kappa shape index (κ1) is 17.4. The van der Waals surface area contributed by atoms with E-state index < -0.39 is 0 Å². The third kappa shape index (κ3) is 3.99. The zero-order valence-corrected chi connectivity index (χ0v) is 14.7. The normalized spacial score (nSPS) is 17.5. The molecule has 0 aromatic carbocycles. The maximum Gasteiger partial charge on any atom is 0.254 e. The average molecular weight is 344 g/mol. The van der Waals surface area contributed by atoms with Crippen LogP contribution in [0.1, 0.15) is 34.9 Å². The molecule has 0 N–H and O–H groups in total. The average Bonchev–Trinajstić information content (AvgIpc) is 3.14. The number of carbonyl (C=O) groups is 1. The monoisotopic (exact) mass is 344 g/mol. The fourth-order valence-electron chi connectivity index (χ4n) is 3.27. The molecule has 0 radical (unpaired) electrons. The van der Waals surface area contributed by atoms with Crippen LogP contribution in [0.15, 0.2) is 30.7 Å². The maximum absolute atomic E-state index is 12.8. The van der Waals surface area contributed by atoms with Crippen LogP contribution in [0.3, 0.4) is 0 Å². The fourth-order valence-corrected chi connectivity index (χ4v) is 3.27. The van der Waals surface area contributed by atoms with Crippen LogP contribution in [0.5, 0.6) is 5.88 Å². The molecule has 1 fully saturated rings. The highest BCUT2D eigenvalue weighted by molar-refractivity contribution is 5.94. The molecule has 1 atom stereocenters. The van der Waals surface area contributed by atoms with Gasteiger partial charge in [0, 0.05) is 62.9 Å². The molecule has 7 nitrogen and oxygen atoms in total. The number of ether oxygens (including phenoxy) is 2. The number of nitrogens with zero attached hydrogens (tertiary/aromatic N) is 4. The minimum Gasteiger partial charge on any atom is -0.481 e. The number of rotatable bonds is 6. The van der Waals surface area contributed by atoms with Crippen molar-refractivity contribution in [1.29, 1.82) is 0 Å². The van der Waals surface area contributed by atoms with Crippen molar-refractivity contribution in [2.75, 3.05) is 33.9 Å². The van der Waals surface area contributed by atoms with Gasteiger partial charge in [-0.05, 0) is 18.9 Å². The van der Waals surface area contributed by atoms with E-state index >= 15 is 0 Å². The van der Waals surface area contributed by atoms with Crippen LogP contribution in [0.4, 0.5) is 0 Å². The van der Waals surface area contributed by atoms with E-state index in [-0.39, 0.29) is 11.8 Å². The summed E-state index contributed by atoms with van der Waals surface area (Å²) in [5, 5.41) is 0. The molecule has 1 amide bonds. The predicted molar refractivity (Wildman–Crippen MR) is 92.8 cm³/mol. The molecule has 1 saturated heterocycles. The molecule has 25 heavy (non-hydrogen) atoms. The third-order valence-electron chi connectivity index (χ3n) is 4.55. The number of hydrogen-bond acceptors (Lipinski definition) is 5. The Morgan fingerprint density at radius 2 is 2.20 bits per heavy atom. The third-order valence-corrected chi connectivity index (χ3v) is 4.55. The van der Waals surface area contributed by atoms with Crippen molar-refractivity contribution in [1.82, 2.24) is 19.4 Å². The summed E-state index contributed by atoms with van der Waals surface area (Å²) in [6.07, 6.45) is 7.40. The van der Waals surface area contributed by atoms with Crippen molar-refractivity contribution in [3.05, 3.63) is 42.1 Å². The summed E-state index contributed by atoms with van der Waals surface area (Å²) >= 11 is 0. The maximum atomic E-state index is 12.8. The highest BCUT2D eigenvalue weighted by atomic mass is 16.5. The number of likely N-dealkylation sites (tertiary alicyclic amines) is 1. The first-order valence-electron chi connectivity index (χ1n) is 8.52. The van der Waals surface area contributed by atoms with Gasteiger partial charge in [-0.2, -0.15) is 0 Å². The van der Waals surface area contributed by atoms with Crippen LogP contribution >= 0.6 is 0 Å². The van der Waals surface area contributed by atoms with Crippen LogP contribution in [0.25, 0.3) is 0 Å². The van der Waals surface area contributed by atoms with Gasteiger partial charge in [0.25, 0.3) is 5.91 Å². The molecule has 1 unspecified atom stereocenters. The Morgan fingerprint density at radius 3 is 3.00 bits per heavy atom. The van der Waals surface area contributed by atoms with Crippen LogP contribution in [0.2, 0.25) is 0 Å². The summed E-state index contributed by atoms with van der Waals surface area (Å²) in [5.41, 5.74) is 0.607. The number of carbonyl (C=O) groups excluding carboxylic acids is 1. The molecule has 0 bridgehead atoms. The smallest absolute Gasteiger partial charge is 0.254 e. The molecule has 0 aliphatic carbocycles. The van der Waals surface area contributed by atoms with Gasteiger partial charge < -0.3 is 18.9 Å². The summed E-state index contributed by atoms with van der Waals surface area (Å²) < 4.78 is 12.4. The van der Waals surface area contributed by atoms with Gasteiger partial charge in [0.05, 0.1) is 13.7 Å². The highest BCUT2D eigenvalue weighted by Crippen LogP contribution is 2.27. The highest BCUT2D eigenvalue weighted by Gasteiger charge is 2.28. The second-order valence-electron chi connectivity index (χ2n) is 6.15. The first-order valence-corrected chi connectivity index (χ1v) is 8.52. The van der Waals surface area contributed by atoms with E-state index in [1.807, 2.05) is 17.3 Å². The summed E-state index contributed by atoms with van der Waals surface area (Å²) in [6, 6.07) is 3.42. The Hall–Kier alpha value is -2.41. The van der Waals surface area contributed by atoms with Gasteiger partial charge in [-0.1, -0.05) is 0 Å². The summed E-state index contributed by atoms with van der Waals surface area (Å²) in [7, 11) is 3.24. The minimum absolute atomic E-state index is 0.0143. The predicted octanol–water partition coefficient (Wildman–Crippen LogP) is 1.95. The summed E-state index contributed by atoms with van der Waals surface area (Å²) in [6.45, 7) is 2.86. The van der Waals surface area contributed by atoms with E-state index in [9.17, 15) is 4.79 Å². The van der Waals surface area contributed by atoms with E-state index in [4.69, 9.17) is 9.47 Å². The standard InChI is InChI=1S/C18H24N4O3/c1-24-11-10-21-9-7-20-17(21)15-4-3-8-22(13-15)18(23)14-5-6-19-16(12-14)25-2/h5-7,9,12,15H,3-4,8,10-11,13H2,1-2H3. The summed E-state index contributed by atoms with van der Waals surface area (Å²) in [5.74, 6) is 1.74. The van der Waals surface area contributed by atoms with E-state index in [0.29, 0.717) is 24.6 Å². The van der Waals surface area contributed by atoms with E-state index in [2.05, 4.69) is 14.5 Å². The molecular weight excluding hydrogens is 320 g/mol. The van der Waals surface area contributed by atoms with Crippen molar-refractivity contribution in [2.24, 2.45) is 0 Å². The van der Waals surface area contributed by atoms with Crippen molar-refractivity contribution >= 4 is 5.91 Å². The van der Waals surface area contributed by atoms with Gasteiger partial charge >= 0.3 is 0 Å². The Morgan fingerprint density at radius 1 is 1.32 bits per heavy atom. The van der Waals surface area contributed by atoms with Crippen LogP contribution in [-0.4, -0.2) is 59.3 Å². The number of hydrogen-bond donors (Lipinski definition) is 0. The number of piperidine rings is 1. The lowest BCUT2D eigenvalue weighted by molar-refractivity contribution is 0.0702.